The van der Waals surface area contributed by atoms with Crippen molar-refractivity contribution in [3.05, 3.63) is 64.9 Å². The SMILES string of the molecule is CC.CCCCC(C)(C)C=O.CCCCC(C)(C)C=O.COCN(C=O)c1ccccc1/C=C(\C)C1CCN(C(=O)NCC(=O)N2CCN(C3CCN(C)CC3)CC2)CC1.COCn1cc2cc(C)cc(C)c2n1. The number of hydrogen-bond donors (Lipinski definition) is 1. The molecule has 2 aromatic carbocycles. The maximum absolute atomic E-state index is 12.8. The smallest absolute Gasteiger partial charge is 0.317 e. The number of methoxy groups -OCH3 is 2. The van der Waals surface area contributed by atoms with Crippen LogP contribution in [0.5, 0.6) is 0 Å². The normalized spacial score (nSPS) is 16.0. The van der Waals surface area contributed by atoms with Gasteiger partial charge in [0.1, 0.15) is 26.0 Å². The van der Waals surface area contributed by atoms with Gasteiger partial charge in [0.2, 0.25) is 12.3 Å². The number of aldehydes is 2. The maximum Gasteiger partial charge on any atom is 0.317 e. The molecule has 4 amide bonds. The Hall–Kier alpha value is -4.96. The summed E-state index contributed by atoms with van der Waals surface area (Å²) in [5.41, 5.74) is 6.38. The molecule has 0 bridgehead atoms. The second kappa shape index (κ2) is 34.6. The van der Waals surface area contributed by atoms with Crippen molar-refractivity contribution in [2.24, 2.45) is 16.7 Å². The number of amides is 4. The van der Waals surface area contributed by atoms with Crippen molar-refractivity contribution in [3.63, 3.8) is 0 Å². The van der Waals surface area contributed by atoms with Gasteiger partial charge < -0.3 is 39.1 Å². The van der Waals surface area contributed by atoms with Gasteiger partial charge in [-0.15, -0.1) is 0 Å². The summed E-state index contributed by atoms with van der Waals surface area (Å²) in [6, 6.07) is 12.5. The molecule has 4 heterocycles. The summed E-state index contributed by atoms with van der Waals surface area (Å²) in [7, 11) is 5.42. The zero-order valence-corrected chi connectivity index (χ0v) is 48.3. The molecule has 1 aromatic heterocycles. The highest BCUT2D eigenvalue weighted by molar-refractivity contribution is 5.84. The molecule has 15 nitrogen and oxygen atoms in total. The monoisotopic (exact) mass is 1030 g/mol. The minimum absolute atomic E-state index is 0.00143. The number of aromatic nitrogens is 2. The van der Waals surface area contributed by atoms with E-state index in [1.807, 2.05) is 86.5 Å². The van der Waals surface area contributed by atoms with Crippen molar-refractivity contribution in [1.29, 1.82) is 0 Å². The molecule has 3 fully saturated rings. The van der Waals surface area contributed by atoms with Crippen LogP contribution in [0.25, 0.3) is 17.0 Å². The molecular formula is C59H98N8O7. The molecule has 3 saturated heterocycles. The Morgan fingerprint density at radius 3 is 1.91 bits per heavy atom. The fourth-order valence-corrected chi connectivity index (χ4v) is 9.27. The standard InChI is InChI=1S/C30H46N6O4.C11H14N2O.2C8H16O.C2H6/c1-24(20-26-6-4-5-7-28(26)36(22-37)23-40-3)25-8-14-35(15-9-25)30(39)31-21-29(38)34-18-16-33(17-19-34)27-10-12-32(2)13-11-27;1-8-4-9(2)11-10(5-8)6-13(12-11)7-14-3;2*1-4-5-6-8(2,3)7-9;1-2/h4-7,20,22,25,27H,8-19,21,23H2,1-3H3,(H,31,39);4-6H,7H2,1-3H3;2*7H,4-6H2,1-3H3;1-2H3/b24-20+;;;;. The van der Waals surface area contributed by atoms with Crippen LogP contribution >= 0.6 is 0 Å². The predicted molar refractivity (Wildman–Crippen MR) is 303 cm³/mol. The molecule has 1 N–H and O–H groups in total. The Bertz CT molecular complexity index is 2110. The third kappa shape index (κ3) is 22.9. The molecule has 0 saturated carbocycles. The lowest BCUT2D eigenvalue weighted by Gasteiger charge is -2.42. The van der Waals surface area contributed by atoms with Crippen LogP contribution in [0, 0.1) is 30.6 Å². The van der Waals surface area contributed by atoms with Gasteiger partial charge in [-0.2, -0.15) is 5.10 Å². The fourth-order valence-electron chi connectivity index (χ4n) is 9.27. The molecule has 6 rings (SSSR count). The number of fused-ring (bicyclic) bond motifs is 1. The molecular weight excluding hydrogens is 933 g/mol. The number of hydrogen-bond acceptors (Lipinski definition) is 10. The second-order valence-corrected chi connectivity index (χ2v) is 21.3. The summed E-state index contributed by atoms with van der Waals surface area (Å²) in [6.07, 6.45) is 17.9. The molecule has 0 atom stereocenters. The van der Waals surface area contributed by atoms with Crippen molar-refractivity contribution < 1.29 is 33.4 Å². The van der Waals surface area contributed by atoms with Crippen molar-refractivity contribution in [3.8, 4) is 0 Å². The fraction of sp³-hybridized carbons (Fsp3) is 0.661. The average molecular weight is 1030 g/mol. The topological polar surface area (TPSA) is 150 Å². The zero-order valence-electron chi connectivity index (χ0n) is 48.3. The maximum atomic E-state index is 12.8. The Labute approximate surface area is 446 Å². The highest BCUT2D eigenvalue weighted by Gasteiger charge is 2.29. The number of urea groups is 1. The van der Waals surface area contributed by atoms with E-state index in [-0.39, 0.29) is 36.0 Å². The molecule has 3 aliphatic heterocycles. The number of rotatable bonds is 19. The molecule has 15 heteroatoms. The van der Waals surface area contributed by atoms with E-state index in [0.29, 0.717) is 31.8 Å². The quantitative estimate of drug-likeness (QED) is 0.0908. The first-order chi connectivity index (χ1) is 35.3. The number of allylic oxidation sites excluding steroid dienone is 1. The van der Waals surface area contributed by atoms with Gasteiger partial charge in [0.25, 0.3) is 0 Å². The number of carbonyl (C=O) groups excluding carboxylic acids is 5. The third-order valence-corrected chi connectivity index (χ3v) is 14.0. The van der Waals surface area contributed by atoms with E-state index in [1.165, 1.54) is 47.8 Å². The molecule has 0 radical (unpaired) electrons. The summed E-state index contributed by atoms with van der Waals surface area (Å²) >= 11 is 0. The number of unbranched alkanes of at least 4 members (excludes halogenated alkanes) is 2. The summed E-state index contributed by atoms with van der Waals surface area (Å²) in [4.78, 5) is 68.0. The number of piperazine rings is 1. The Morgan fingerprint density at radius 2 is 1.38 bits per heavy atom. The minimum atomic E-state index is -0.162. The zero-order chi connectivity index (χ0) is 55.3. The van der Waals surface area contributed by atoms with Crippen LogP contribution in [0.1, 0.15) is 143 Å². The van der Waals surface area contributed by atoms with Gasteiger partial charge in [-0.05, 0) is 109 Å². The summed E-state index contributed by atoms with van der Waals surface area (Å²) in [6.45, 7) is 30.1. The summed E-state index contributed by atoms with van der Waals surface area (Å²) < 4.78 is 12.0. The van der Waals surface area contributed by atoms with Crippen molar-refractivity contribution in [1.82, 2.24) is 34.7 Å². The highest BCUT2D eigenvalue weighted by Crippen LogP contribution is 2.29. The Morgan fingerprint density at radius 1 is 0.797 bits per heavy atom. The number of nitrogens with one attached hydrogen (secondary N) is 1. The number of likely N-dealkylation sites (tertiary alicyclic amines) is 2. The highest BCUT2D eigenvalue weighted by atomic mass is 16.5. The summed E-state index contributed by atoms with van der Waals surface area (Å²) in [5.74, 6) is 0.355. The Kier molecular flexibility index (Phi) is 30.4. The van der Waals surface area contributed by atoms with Crippen molar-refractivity contribution in [2.45, 2.75) is 153 Å². The van der Waals surface area contributed by atoms with E-state index < -0.39 is 0 Å². The number of anilines is 1. The van der Waals surface area contributed by atoms with E-state index in [9.17, 15) is 24.0 Å². The number of carbonyl (C=O) groups is 5. The molecule has 3 aromatic rings. The van der Waals surface area contributed by atoms with Crippen LogP contribution < -0.4 is 10.2 Å². The lowest BCUT2D eigenvalue weighted by atomic mass is 9.89. The van der Waals surface area contributed by atoms with E-state index in [4.69, 9.17) is 9.47 Å². The van der Waals surface area contributed by atoms with Gasteiger partial charge in [-0.3, -0.25) is 19.4 Å². The first-order valence-electron chi connectivity index (χ1n) is 27.4. The number of nitrogens with zero attached hydrogens (tertiary/aromatic N) is 7. The second-order valence-electron chi connectivity index (χ2n) is 21.3. The molecule has 416 valence electrons. The molecule has 0 aliphatic carbocycles. The largest absolute Gasteiger partial charge is 0.364 e. The first kappa shape index (κ1) is 65.2. The van der Waals surface area contributed by atoms with Crippen LogP contribution in [0.3, 0.4) is 0 Å². The van der Waals surface area contributed by atoms with Gasteiger partial charge in [0.05, 0.1) is 17.7 Å². The molecule has 0 spiro atoms. The summed E-state index contributed by atoms with van der Waals surface area (Å²) in [5, 5.41) is 8.48. The minimum Gasteiger partial charge on any atom is -0.364 e. The van der Waals surface area contributed by atoms with E-state index in [0.717, 1.165) is 114 Å². The lowest BCUT2D eigenvalue weighted by Crippen LogP contribution is -2.55. The van der Waals surface area contributed by atoms with E-state index in [2.05, 4.69) is 80.1 Å². The van der Waals surface area contributed by atoms with Crippen molar-refractivity contribution >= 4 is 53.6 Å². The number of benzene rings is 2. The number of aryl methyl sites for hydroxylation is 2. The number of para-hydroxylation sites is 1. The van der Waals surface area contributed by atoms with Crippen LogP contribution in [0.4, 0.5) is 10.5 Å². The average Bonchev–Trinajstić information content (AvgIpc) is 3.82. The van der Waals surface area contributed by atoms with E-state index in [1.54, 1.807) is 19.1 Å². The van der Waals surface area contributed by atoms with Crippen LogP contribution in [-0.2, 0) is 35.4 Å². The van der Waals surface area contributed by atoms with Gasteiger partial charge in [0, 0.05) is 81.9 Å². The predicted octanol–water partition coefficient (Wildman–Crippen LogP) is 10.4. The number of ether oxygens (including phenoxy) is 2. The number of piperidine rings is 2. The van der Waals surface area contributed by atoms with Crippen LogP contribution in [0.15, 0.2) is 48.2 Å². The van der Waals surface area contributed by atoms with Gasteiger partial charge in [-0.1, -0.05) is 123 Å². The van der Waals surface area contributed by atoms with Crippen LogP contribution in [-0.4, -0.2) is 153 Å². The molecule has 74 heavy (non-hydrogen) atoms. The van der Waals surface area contributed by atoms with Crippen molar-refractivity contribution in [2.75, 3.05) is 91.8 Å². The first-order valence-corrected chi connectivity index (χ1v) is 27.4. The molecule has 0 unspecified atom stereocenters. The van der Waals surface area contributed by atoms with Crippen LogP contribution in [0.2, 0.25) is 0 Å². The van der Waals surface area contributed by atoms with Gasteiger partial charge in [0.15, 0.2) is 0 Å². The molecule has 3 aliphatic rings. The van der Waals surface area contributed by atoms with E-state index >= 15 is 0 Å². The third-order valence-electron chi connectivity index (χ3n) is 14.0. The van der Waals surface area contributed by atoms with Gasteiger partial charge >= 0.3 is 6.03 Å². The lowest BCUT2D eigenvalue weighted by molar-refractivity contribution is -0.132. The Balaban J connectivity index is 0.000000444. The van der Waals surface area contributed by atoms with Gasteiger partial charge in [-0.25, -0.2) is 9.48 Å².